The molecule has 0 spiro atoms. The van der Waals surface area contributed by atoms with E-state index >= 15 is 0 Å². The van der Waals surface area contributed by atoms with E-state index in [2.05, 4.69) is 10.6 Å². The first-order valence-corrected chi connectivity index (χ1v) is 11.1. The molecule has 5 nitrogen and oxygen atoms in total. The van der Waals surface area contributed by atoms with Crippen LogP contribution in [-0.4, -0.2) is 35.8 Å². The van der Waals surface area contributed by atoms with Crippen LogP contribution in [0.15, 0.2) is 36.4 Å². The van der Waals surface area contributed by atoms with Crippen molar-refractivity contribution in [2.45, 2.75) is 51.0 Å². The first kappa shape index (κ1) is 24.7. The molecule has 2 N–H and O–H groups in total. The van der Waals surface area contributed by atoms with Crippen LogP contribution in [-0.2, 0) is 9.59 Å². The van der Waals surface area contributed by atoms with E-state index in [1.807, 2.05) is 0 Å². The molecule has 1 saturated carbocycles. The zero-order chi connectivity index (χ0) is 23.8. The van der Waals surface area contributed by atoms with E-state index in [4.69, 9.17) is 0 Å². The van der Waals surface area contributed by atoms with E-state index in [1.54, 1.807) is 4.90 Å². The van der Waals surface area contributed by atoms with E-state index < -0.39 is 35.1 Å². The van der Waals surface area contributed by atoms with E-state index in [1.165, 1.54) is 12.1 Å². The van der Waals surface area contributed by atoms with Gasteiger partial charge in [-0.2, -0.15) is 0 Å². The number of hydrogen-bond acceptors (Lipinski definition) is 3. The fourth-order valence-electron chi connectivity index (χ4n) is 4.03. The molecule has 1 fully saturated rings. The van der Waals surface area contributed by atoms with Gasteiger partial charge < -0.3 is 10.6 Å². The van der Waals surface area contributed by atoms with Crippen molar-refractivity contribution in [1.29, 1.82) is 0 Å². The van der Waals surface area contributed by atoms with Gasteiger partial charge in [-0.1, -0.05) is 32.1 Å². The third-order valence-corrected chi connectivity index (χ3v) is 5.69. The summed E-state index contributed by atoms with van der Waals surface area (Å²) in [5, 5.41) is 5.07. The molecule has 2 aromatic rings. The van der Waals surface area contributed by atoms with Crippen LogP contribution in [0.2, 0.25) is 0 Å². The smallest absolute Gasteiger partial charge is 0.238 e. The normalized spacial score (nSPS) is 15.1. The first-order chi connectivity index (χ1) is 15.8. The number of benzene rings is 2. The number of hydrogen-bond donors (Lipinski definition) is 2. The number of nitrogens with zero attached hydrogens (tertiary/aromatic N) is 1. The molecule has 0 aliphatic heterocycles. The standard InChI is InChI=1S/C24H27F4N3O2/c25-19-10-8-16(12-21(19)27)29-23(32)14-31(18-6-4-2-1-3-5-7-18)15-24(33)30-17-9-11-20(26)22(28)13-17/h8-13,18H,1-7,14-15H2,(H,29,32)(H,30,33). The fraction of sp³-hybridized carbons (Fsp3) is 0.417. The maximum absolute atomic E-state index is 13.5. The number of nitrogens with one attached hydrogen (secondary N) is 2. The average Bonchev–Trinajstić information content (AvgIpc) is 2.73. The highest BCUT2D eigenvalue weighted by Gasteiger charge is 2.24. The summed E-state index contributed by atoms with van der Waals surface area (Å²) < 4.78 is 53.2. The van der Waals surface area contributed by atoms with Gasteiger partial charge in [-0.25, -0.2) is 17.6 Å². The molecule has 0 saturated heterocycles. The zero-order valence-corrected chi connectivity index (χ0v) is 18.2. The lowest BCUT2D eigenvalue weighted by atomic mass is 9.95. The second-order valence-electron chi connectivity index (χ2n) is 8.26. The number of halogens is 4. The van der Waals surface area contributed by atoms with Gasteiger partial charge in [0.1, 0.15) is 0 Å². The Morgan fingerprint density at radius 1 is 0.697 bits per heavy atom. The van der Waals surface area contributed by atoms with Crippen molar-refractivity contribution in [2.75, 3.05) is 23.7 Å². The van der Waals surface area contributed by atoms with Gasteiger partial charge in [-0.15, -0.1) is 0 Å². The van der Waals surface area contributed by atoms with Crippen LogP contribution in [0, 0.1) is 23.3 Å². The summed E-state index contributed by atoms with van der Waals surface area (Å²) in [6.07, 6.45) is 6.88. The molecule has 3 rings (SSSR count). The quantitative estimate of drug-likeness (QED) is 0.550. The van der Waals surface area contributed by atoms with Gasteiger partial charge in [0.2, 0.25) is 11.8 Å². The lowest BCUT2D eigenvalue weighted by Gasteiger charge is -2.32. The van der Waals surface area contributed by atoms with Gasteiger partial charge in [-0.05, 0) is 37.1 Å². The van der Waals surface area contributed by atoms with Gasteiger partial charge in [-0.3, -0.25) is 14.5 Å². The first-order valence-electron chi connectivity index (χ1n) is 11.1. The summed E-state index contributed by atoms with van der Waals surface area (Å²) in [5.41, 5.74) is 0.227. The molecular weight excluding hydrogens is 438 g/mol. The molecular formula is C24H27F4N3O2. The second-order valence-corrected chi connectivity index (χ2v) is 8.26. The molecule has 0 radical (unpaired) electrons. The molecule has 0 unspecified atom stereocenters. The Hall–Kier alpha value is -2.94. The van der Waals surface area contributed by atoms with Gasteiger partial charge in [0.05, 0.1) is 13.1 Å². The number of carbonyl (C=O) groups excluding carboxylic acids is 2. The van der Waals surface area contributed by atoms with Crippen LogP contribution in [0.25, 0.3) is 0 Å². The maximum atomic E-state index is 13.5. The molecule has 0 atom stereocenters. The summed E-state index contributed by atoms with van der Waals surface area (Å²) in [7, 11) is 0. The summed E-state index contributed by atoms with van der Waals surface area (Å²) >= 11 is 0. The minimum absolute atomic E-state index is 0.0169. The molecule has 1 aliphatic carbocycles. The summed E-state index contributed by atoms with van der Waals surface area (Å²) in [4.78, 5) is 27.0. The van der Waals surface area contributed by atoms with Gasteiger partial charge in [0, 0.05) is 29.5 Å². The summed E-state index contributed by atoms with van der Waals surface area (Å²) in [6, 6.07) is 6.13. The Morgan fingerprint density at radius 2 is 1.12 bits per heavy atom. The monoisotopic (exact) mass is 465 g/mol. The third-order valence-electron chi connectivity index (χ3n) is 5.69. The Balaban J connectivity index is 1.69. The van der Waals surface area contributed by atoms with Crippen molar-refractivity contribution in [3.05, 3.63) is 59.7 Å². The zero-order valence-electron chi connectivity index (χ0n) is 18.2. The number of amides is 2. The molecule has 2 amide bonds. The van der Waals surface area contributed by atoms with Crippen molar-refractivity contribution in [1.82, 2.24) is 4.90 Å². The van der Waals surface area contributed by atoms with Crippen LogP contribution in [0.4, 0.5) is 28.9 Å². The highest BCUT2D eigenvalue weighted by atomic mass is 19.2. The molecule has 0 bridgehead atoms. The summed E-state index contributed by atoms with van der Waals surface area (Å²) in [6.45, 7) is -0.260. The molecule has 1 aliphatic rings. The third kappa shape index (κ3) is 7.56. The van der Waals surface area contributed by atoms with Crippen LogP contribution < -0.4 is 10.6 Å². The van der Waals surface area contributed by atoms with Crippen molar-refractivity contribution < 1.29 is 27.2 Å². The van der Waals surface area contributed by atoms with Crippen LogP contribution in [0.5, 0.6) is 0 Å². The largest absolute Gasteiger partial charge is 0.325 e. The average molecular weight is 465 g/mol. The topological polar surface area (TPSA) is 61.4 Å². The summed E-state index contributed by atoms with van der Waals surface area (Å²) in [5.74, 6) is -5.12. The van der Waals surface area contributed by atoms with Gasteiger partial charge in [0.15, 0.2) is 23.3 Å². The minimum atomic E-state index is -1.07. The number of carbonyl (C=O) groups is 2. The Bertz CT molecular complexity index is 911. The number of anilines is 2. The van der Waals surface area contributed by atoms with Gasteiger partial charge >= 0.3 is 0 Å². The molecule has 0 aromatic heterocycles. The van der Waals surface area contributed by atoms with Crippen LogP contribution in [0.3, 0.4) is 0 Å². The SMILES string of the molecule is O=C(CN(CC(=O)Nc1ccc(F)c(F)c1)C1CCCCCCC1)Nc1ccc(F)c(F)c1. The minimum Gasteiger partial charge on any atom is -0.325 e. The maximum Gasteiger partial charge on any atom is 0.238 e. The van der Waals surface area contributed by atoms with Crippen molar-refractivity contribution in [2.24, 2.45) is 0 Å². The molecule has 2 aromatic carbocycles. The van der Waals surface area contributed by atoms with Gasteiger partial charge in [0.25, 0.3) is 0 Å². The molecule has 178 valence electrons. The van der Waals surface area contributed by atoms with Crippen molar-refractivity contribution in [3.8, 4) is 0 Å². The highest BCUT2D eigenvalue weighted by Crippen LogP contribution is 2.22. The molecule has 0 heterocycles. The predicted molar refractivity (Wildman–Crippen MR) is 118 cm³/mol. The van der Waals surface area contributed by atoms with Crippen LogP contribution >= 0.6 is 0 Å². The van der Waals surface area contributed by atoms with Crippen molar-refractivity contribution >= 4 is 23.2 Å². The fourth-order valence-corrected chi connectivity index (χ4v) is 4.03. The Labute approximate surface area is 190 Å². The van der Waals surface area contributed by atoms with E-state index in [9.17, 15) is 27.2 Å². The highest BCUT2D eigenvalue weighted by molar-refractivity contribution is 5.94. The van der Waals surface area contributed by atoms with E-state index in [-0.39, 0.29) is 30.5 Å². The van der Waals surface area contributed by atoms with Crippen molar-refractivity contribution in [3.63, 3.8) is 0 Å². The number of rotatable bonds is 7. The van der Waals surface area contributed by atoms with E-state index in [0.717, 1.165) is 69.2 Å². The predicted octanol–water partition coefficient (Wildman–Crippen LogP) is 5.24. The lowest BCUT2D eigenvalue weighted by Crippen LogP contribution is -2.45. The molecule has 9 heteroatoms. The Morgan fingerprint density at radius 3 is 1.55 bits per heavy atom. The van der Waals surface area contributed by atoms with Crippen LogP contribution in [0.1, 0.15) is 44.9 Å². The Kier molecular flexibility index (Phi) is 8.82. The second kappa shape index (κ2) is 11.8. The molecule has 33 heavy (non-hydrogen) atoms. The lowest BCUT2D eigenvalue weighted by molar-refractivity contribution is -0.121. The van der Waals surface area contributed by atoms with E-state index in [0.29, 0.717) is 0 Å².